The molecule has 0 unspecified atom stereocenters. The van der Waals surface area contributed by atoms with Gasteiger partial charge in [-0.2, -0.15) is 0 Å². The average Bonchev–Trinajstić information content (AvgIpc) is 2.84. The number of ether oxygens (including phenoxy) is 2. The Morgan fingerprint density at radius 1 is 0.914 bits per heavy atom. The molecule has 0 spiro atoms. The Morgan fingerprint density at radius 3 is 2.20 bits per heavy atom. The van der Waals surface area contributed by atoms with Gasteiger partial charge < -0.3 is 19.7 Å². The van der Waals surface area contributed by atoms with E-state index in [4.69, 9.17) is 9.47 Å². The van der Waals surface area contributed by atoms with E-state index in [1.165, 1.54) is 30.1 Å². The zero-order valence-electron chi connectivity index (χ0n) is 19.6. The minimum Gasteiger partial charge on any atom is -0.497 e. The molecule has 2 N–H and O–H groups in total. The second-order valence-corrected chi connectivity index (χ2v) is 9.21. The van der Waals surface area contributed by atoms with Crippen molar-refractivity contribution in [3.05, 3.63) is 78.4 Å². The lowest BCUT2D eigenvalue weighted by Crippen LogP contribution is -2.35. The highest BCUT2D eigenvalue weighted by molar-refractivity contribution is 7.92. The molecule has 0 aliphatic heterocycles. The SMILES string of the molecule is CCOc1ccc(S(=O)(=O)Nc2cccc(C(=O)N(C)CC(=O)Nc3ccc(OC)cc3)c2)cc1. The minimum atomic E-state index is -3.87. The molecule has 0 fully saturated rings. The van der Waals surface area contributed by atoms with E-state index in [-0.39, 0.29) is 28.6 Å². The molecule has 3 aromatic rings. The second-order valence-electron chi connectivity index (χ2n) is 7.53. The molecule has 0 aliphatic rings. The summed E-state index contributed by atoms with van der Waals surface area (Å²) in [6, 6.07) is 18.9. The molecule has 184 valence electrons. The maximum atomic E-state index is 12.8. The third-order valence-corrected chi connectivity index (χ3v) is 6.31. The van der Waals surface area contributed by atoms with Gasteiger partial charge >= 0.3 is 0 Å². The number of nitrogens with one attached hydrogen (secondary N) is 2. The number of carbonyl (C=O) groups excluding carboxylic acids is 2. The van der Waals surface area contributed by atoms with Gasteiger partial charge in [-0.3, -0.25) is 14.3 Å². The van der Waals surface area contributed by atoms with E-state index < -0.39 is 15.9 Å². The molecule has 2 amide bonds. The van der Waals surface area contributed by atoms with Crippen LogP contribution in [0.25, 0.3) is 0 Å². The van der Waals surface area contributed by atoms with Crippen molar-refractivity contribution in [2.24, 2.45) is 0 Å². The Bertz CT molecular complexity index is 1280. The van der Waals surface area contributed by atoms with Crippen LogP contribution in [0.3, 0.4) is 0 Å². The fourth-order valence-corrected chi connectivity index (χ4v) is 4.24. The largest absolute Gasteiger partial charge is 0.497 e. The number of carbonyl (C=O) groups is 2. The number of benzene rings is 3. The van der Waals surface area contributed by atoms with Crippen LogP contribution in [0.5, 0.6) is 11.5 Å². The first-order chi connectivity index (χ1) is 16.7. The van der Waals surface area contributed by atoms with Gasteiger partial charge in [-0.1, -0.05) is 6.07 Å². The molecule has 10 heteroatoms. The lowest BCUT2D eigenvalue weighted by molar-refractivity contribution is -0.116. The fraction of sp³-hybridized carbons (Fsp3) is 0.200. The van der Waals surface area contributed by atoms with Crippen molar-refractivity contribution in [3.8, 4) is 11.5 Å². The number of anilines is 2. The van der Waals surface area contributed by atoms with E-state index in [0.29, 0.717) is 23.8 Å². The molecule has 0 bridgehead atoms. The maximum Gasteiger partial charge on any atom is 0.261 e. The van der Waals surface area contributed by atoms with Crippen molar-refractivity contribution in [1.82, 2.24) is 4.90 Å². The number of amides is 2. The summed E-state index contributed by atoms with van der Waals surface area (Å²) >= 11 is 0. The van der Waals surface area contributed by atoms with Gasteiger partial charge in [0.05, 0.1) is 25.2 Å². The minimum absolute atomic E-state index is 0.0602. The number of rotatable bonds is 10. The highest BCUT2D eigenvalue weighted by atomic mass is 32.2. The average molecular weight is 498 g/mol. The monoisotopic (exact) mass is 497 g/mol. The van der Waals surface area contributed by atoms with Crippen LogP contribution in [0, 0.1) is 0 Å². The number of methoxy groups -OCH3 is 1. The zero-order valence-corrected chi connectivity index (χ0v) is 20.5. The van der Waals surface area contributed by atoms with Crippen molar-refractivity contribution in [1.29, 1.82) is 0 Å². The Hall–Kier alpha value is -4.05. The lowest BCUT2D eigenvalue weighted by atomic mass is 10.2. The van der Waals surface area contributed by atoms with Gasteiger partial charge in [0.15, 0.2) is 0 Å². The predicted molar refractivity (Wildman–Crippen MR) is 133 cm³/mol. The van der Waals surface area contributed by atoms with E-state index in [2.05, 4.69) is 10.0 Å². The van der Waals surface area contributed by atoms with Gasteiger partial charge in [0.2, 0.25) is 5.91 Å². The summed E-state index contributed by atoms with van der Waals surface area (Å²) in [4.78, 5) is 26.5. The van der Waals surface area contributed by atoms with Gasteiger partial charge in [-0.25, -0.2) is 8.42 Å². The molecule has 0 saturated carbocycles. The molecule has 0 heterocycles. The first kappa shape index (κ1) is 25.6. The third-order valence-electron chi connectivity index (χ3n) is 4.91. The van der Waals surface area contributed by atoms with E-state index in [0.717, 1.165) is 0 Å². The first-order valence-corrected chi connectivity index (χ1v) is 12.2. The van der Waals surface area contributed by atoms with Crippen molar-refractivity contribution in [3.63, 3.8) is 0 Å². The number of sulfonamides is 1. The summed E-state index contributed by atoms with van der Waals surface area (Å²) in [6.45, 7) is 2.13. The molecule has 3 aromatic carbocycles. The van der Waals surface area contributed by atoms with Gasteiger partial charge in [0, 0.05) is 24.0 Å². The van der Waals surface area contributed by atoms with Crippen LogP contribution < -0.4 is 19.5 Å². The van der Waals surface area contributed by atoms with E-state index in [1.807, 2.05) is 6.92 Å². The number of nitrogens with zero attached hydrogens (tertiary/aromatic N) is 1. The van der Waals surface area contributed by atoms with Crippen molar-refractivity contribution in [2.45, 2.75) is 11.8 Å². The molecule has 0 atom stereocenters. The zero-order chi connectivity index (χ0) is 25.4. The molecular weight excluding hydrogens is 470 g/mol. The Morgan fingerprint density at radius 2 is 1.57 bits per heavy atom. The highest BCUT2D eigenvalue weighted by Crippen LogP contribution is 2.21. The van der Waals surface area contributed by atoms with Gasteiger partial charge in [-0.05, 0) is 73.7 Å². The molecule has 0 aromatic heterocycles. The molecule has 3 rings (SSSR count). The topological polar surface area (TPSA) is 114 Å². The predicted octanol–water partition coefficient (Wildman–Crippen LogP) is 3.61. The third kappa shape index (κ3) is 6.97. The Balaban J connectivity index is 1.64. The summed E-state index contributed by atoms with van der Waals surface area (Å²) < 4.78 is 38.4. The fourth-order valence-electron chi connectivity index (χ4n) is 3.19. The van der Waals surface area contributed by atoms with Crippen LogP contribution in [0.4, 0.5) is 11.4 Å². The van der Waals surface area contributed by atoms with E-state index >= 15 is 0 Å². The number of hydrogen-bond donors (Lipinski definition) is 2. The Kier molecular flexibility index (Phi) is 8.32. The van der Waals surface area contributed by atoms with Crippen LogP contribution in [0.15, 0.2) is 77.7 Å². The van der Waals surface area contributed by atoms with Gasteiger partial charge in [0.25, 0.3) is 15.9 Å². The molecule has 0 aliphatic carbocycles. The highest BCUT2D eigenvalue weighted by Gasteiger charge is 2.18. The maximum absolute atomic E-state index is 12.8. The van der Waals surface area contributed by atoms with Crippen molar-refractivity contribution >= 4 is 33.2 Å². The number of likely N-dealkylation sites (N-methyl/N-ethyl adjacent to an activating group) is 1. The molecule has 0 saturated heterocycles. The van der Waals surface area contributed by atoms with Crippen LogP contribution in [-0.4, -0.2) is 52.4 Å². The van der Waals surface area contributed by atoms with Gasteiger partial charge in [-0.15, -0.1) is 0 Å². The van der Waals surface area contributed by atoms with Crippen molar-refractivity contribution in [2.75, 3.05) is 37.3 Å². The summed E-state index contributed by atoms with van der Waals surface area (Å²) in [5.74, 6) is 0.418. The van der Waals surface area contributed by atoms with Crippen LogP contribution in [0.1, 0.15) is 17.3 Å². The smallest absolute Gasteiger partial charge is 0.261 e. The molecular formula is C25H27N3O6S. The van der Waals surface area contributed by atoms with Gasteiger partial charge in [0.1, 0.15) is 11.5 Å². The molecule has 35 heavy (non-hydrogen) atoms. The normalized spacial score (nSPS) is 10.8. The van der Waals surface area contributed by atoms with Crippen molar-refractivity contribution < 1.29 is 27.5 Å². The quantitative estimate of drug-likeness (QED) is 0.442. The first-order valence-electron chi connectivity index (χ1n) is 10.8. The second kappa shape index (κ2) is 11.4. The molecule has 9 nitrogen and oxygen atoms in total. The van der Waals surface area contributed by atoms with E-state index in [9.17, 15) is 18.0 Å². The van der Waals surface area contributed by atoms with Crippen LogP contribution >= 0.6 is 0 Å². The summed E-state index contributed by atoms with van der Waals surface area (Å²) in [5, 5.41) is 2.71. The summed E-state index contributed by atoms with van der Waals surface area (Å²) in [6.07, 6.45) is 0. The Labute approximate surface area is 204 Å². The summed E-state index contributed by atoms with van der Waals surface area (Å²) in [7, 11) is -0.827. The standard InChI is InChI=1S/C25H27N3O6S/c1-4-34-22-12-14-23(15-13-22)35(31,32)27-20-7-5-6-18(16-20)25(30)28(2)17-24(29)26-19-8-10-21(33-3)11-9-19/h5-16,27H,4,17H2,1-3H3,(H,26,29). The van der Waals surface area contributed by atoms with Crippen LogP contribution in [-0.2, 0) is 14.8 Å². The molecule has 0 radical (unpaired) electrons. The summed E-state index contributed by atoms with van der Waals surface area (Å²) in [5.41, 5.74) is 1.03. The number of hydrogen-bond acceptors (Lipinski definition) is 6. The lowest BCUT2D eigenvalue weighted by Gasteiger charge is -2.17. The van der Waals surface area contributed by atoms with Crippen LogP contribution in [0.2, 0.25) is 0 Å². The van der Waals surface area contributed by atoms with E-state index in [1.54, 1.807) is 61.7 Å².